The van der Waals surface area contributed by atoms with Crippen molar-refractivity contribution in [2.24, 2.45) is 0 Å². The lowest BCUT2D eigenvalue weighted by molar-refractivity contribution is -0.167. The minimum atomic E-state index is -0.768. The zero-order valence-electron chi connectivity index (χ0n) is 55.0. The summed E-state index contributed by atoms with van der Waals surface area (Å²) in [5, 5.41) is 0. The quantitative estimate of drug-likeness (QED) is 0.0261. The molecule has 0 radical (unpaired) electrons. The molecule has 0 rings (SSSR count). The number of carbonyl (C=O) groups excluding carboxylic acids is 3. The second kappa shape index (κ2) is 70.6. The van der Waals surface area contributed by atoms with Crippen LogP contribution in [0.4, 0.5) is 0 Å². The molecule has 0 aliphatic carbocycles. The van der Waals surface area contributed by atoms with Crippen molar-refractivity contribution in [1.29, 1.82) is 0 Å². The Bertz CT molecular complexity index is 1460. The molecule has 82 heavy (non-hydrogen) atoms. The highest BCUT2D eigenvalue weighted by Gasteiger charge is 2.19. The molecular weight excluding hydrogens is 1010 g/mol. The molecule has 0 heterocycles. The third-order valence-corrected chi connectivity index (χ3v) is 16.3. The maximum absolute atomic E-state index is 12.9. The molecule has 0 saturated heterocycles. The van der Waals surface area contributed by atoms with E-state index >= 15 is 0 Å². The van der Waals surface area contributed by atoms with Gasteiger partial charge in [0.2, 0.25) is 0 Å². The first kappa shape index (κ1) is 79.1. The fourth-order valence-corrected chi connectivity index (χ4v) is 10.8. The maximum Gasteiger partial charge on any atom is 0.306 e. The van der Waals surface area contributed by atoms with Crippen molar-refractivity contribution in [3.05, 3.63) is 60.8 Å². The second-order valence-electron chi connectivity index (χ2n) is 24.5. The molecule has 0 saturated carbocycles. The van der Waals surface area contributed by atoms with Crippen molar-refractivity contribution in [2.45, 2.75) is 393 Å². The van der Waals surface area contributed by atoms with Crippen molar-refractivity contribution in [1.82, 2.24) is 0 Å². The lowest BCUT2D eigenvalue weighted by Crippen LogP contribution is -2.30. The van der Waals surface area contributed by atoms with E-state index in [2.05, 4.69) is 81.5 Å². The summed E-state index contributed by atoms with van der Waals surface area (Å²) < 4.78 is 16.9. The van der Waals surface area contributed by atoms with E-state index in [0.29, 0.717) is 19.3 Å². The summed E-state index contributed by atoms with van der Waals surface area (Å²) in [5.74, 6) is -0.854. The van der Waals surface area contributed by atoms with E-state index in [4.69, 9.17) is 14.2 Å². The largest absolute Gasteiger partial charge is 0.462 e. The van der Waals surface area contributed by atoms with Crippen molar-refractivity contribution in [2.75, 3.05) is 13.2 Å². The highest BCUT2D eigenvalue weighted by molar-refractivity contribution is 5.71. The molecule has 0 amide bonds. The lowest BCUT2D eigenvalue weighted by Gasteiger charge is -2.18. The zero-order chi connectivity index (χ0) is 59.2. The lowest BCUT2D eigenvalue weighted by atomic mass is 10.0. The fourth-order valence-electron chi connectivity index (χ4n) is 10.8. The van der Waals surface area contributed by atoms with Gasteiger partial charge in [-0.3, -0.25) is 14.4 Å². The number of ether oxygens (including phenoxy) is 3. The van der Waals surface area contributed by atoms with E-state index in [1.165, 1.54) is 263 Å². The predicted molar refractivity (Wildman–Crippen MR) is 358 cm³/mol. The third kappa shape index (κ3) is 67.9. The SMILES string of the molecule is CC/C=C\C/C=C\C/C=C\C/C=C\CCCCCCCCCCCCCCCCCCCCCCC(=O)OCC(COC(=O)CCCCCCCC)OC(=O)CCCCCCCCCCCCCCC/C=C\CCCCCCCCCC. The molecule has 0 spiro atoms. The number of allylic oxidation sites excluding steroid dienone is 10. The van der Waals surface area contributed by atoms with E-state index in [1.807, 2.05) is 0 Å². The van der Waals surface area contributed by atoms with E-state index < -0.39 is 6.10 Å². The number of esters is 3. The number of rotatable bonds is 67. The zero-order valence-corrected chi connectivity index (χ0v) is 55.0. The Kier molecular flexibility index (Phi) is 68.1. The van der Waals surface area contributed by atoms with E-state index in [9.17, 15) is 14.4 Å². The van der Waals surface area contributed by atoms with Gasteiger partial charge < -0.3 is 14.2 Å². The second-order valence-corrected chi connectivity index (χ2v) is 24.5. The Morgan fingerprint density at radius 3 is 0.756 bits per heavy atom. The molecule has 0 aromatic rings. The van der Waals surface area contributed by atoms with E-state index in [0.717, 1.165) is 83.5 Å². The molecule has 0 aliphatic rings. The first-order valence-electron chi connectivity index (χ1n) is 36.3. The molecule has 0 aliphatic heterocycles. The van der Waals surface area contributed by atoms with Gasteiger partial charge in [-0.2, -0.15) is 0 Å². The molecule has 0 aromatic heterocycles. The molecule has 6 nitrogen and oxygen atoms in total. The molecule has 1 unspecified atom stereocenters. The minimum absolute atomic E-state index is 0.0682. The predicted octanol–water partition coefficient (Wildman–Crippen LogP) is 25.1. The first-order chi connectivity index (χ1) is 40.5. The van der Waals surface area contributed by atoms with Gasteiger partial charge >= 0.3 is 17.9 Å². The van der Waals surface area contributed by atoms with Crippen LogP contribution in [-0.2, 0) is 28.6 Å². The Balaban J connectivity index is 3.95. The van der Waals surface area contributed by atoms with Gasteiger partial charge in [-0.05, 0) is 83.5 Å². The summed E-state index contributed by atoms with van der Waals surface area (Å²) in [4.78, 5) is 38.1. The Morgan fingerprint density at radius 2 is 0.476 bits per heavy atom. The van der Waals surface area contributed by atoms with Gasteiger partial charge in [0.05, 0.1) is 0 Å². The molecule has 1 atom stereocenters. The van der Waals surface area contributed by atoms with Gasteiger partial charge in [0.1, 0.15) is 13.2 Å². The molecule has 0 N–H and O–H groups in total. The van der Waals surface area contributed by atoms with Gasteiger partial charge in [0.25, 0.3) is 0 Å². The molecule has 0 aromatic carbocycles. The fraction of sp³-hybridized carbons (Fsp3) is 0.829. The van der Waals surface area contributed by atoms with Crippen molar-refractivity contribution in [3.63, 3.8) is 0 Å². The van der Waals surface area contributed by atoms with Crippen LogP contribution in [0.15, 0.2) is 60.8 Å². The Hall–Kier alpha value is -2.89. The van der Waals surface area contributed by atoms with Crippen molar-refractivity contribution in [3.8, 4) is 0 Å². The topological polar surface area (TPSA) is 78.9 Å². The van der Waals surface area contributed by atoms with Crippen LogP contribution in [0.3, 0.4) is 0 Å². The van der Waals surface area contributed by atoms with Crippen molar-refractivity contribution < 1.29 is 28.6 Å². The first-order valence-corrected chi connectivity index (χ1v) is 36.3. The van der Waals surface area contributed by atoms with Gasteiger partial charge in [-0.15, -0.1) is 0 Å². The van der Waals surface area contributed by atoms with Crippen LogP contribution in [0.1, 0.15) is 387 Å². The normalized spacial score (nSPS) is 12.4. The number of hydrogen-bond acceptors (Lipinski definition) is 6. The molecule has 0 fully saturated rings. The minimum Gasteiger partial charge on any atom is -0.462 e. The average molecular weight is 1150 g/mol. The van der Waals surface area contributed by atoms with Crippen LogP contribution in [0, 0.1) is 0 Å². The van der Waals surface area contributed by atoms with Gasteiger partial charge in [0.15, 0.2) is 6.10 Å². The molecular formula is C76H138O6. The summed E-state index contributed by atoms with van der Waals surface area (Å²) in [6.45, 7) is 6.53. The Labute approximate surface area is 510 Å². The van der Waals surface area contributed by atoms with Gasteiger partial charge in [0, 0.05) is 19.3 Å². The highest BCUT2D eigenvalue weighted by Crippen LogP contribution is 2.18. The molecule has 0 bridgehead atoms. The monoisotopic (exact) mass is 1150 g/mol. The van der Waals surface area contributed by atoms with Crippen LogP contribution < -0.4 is 0 Å². The molecule has 478 valence electrons. The number of hydrogen-bond donors (Lipinski definition) is 0. The standard InChI is InChI=1S/C76H138O6/c1-4-7-10-13-16-18-20-22-24-26-28-30-32-34-35-36-37-38-39-40-41-43-44-46-48-50-52-54-56-58-60-63-66-69-75(78)81-72-73(71-80-74(77)68-65-62-15-12-9-6-3)82-76(79)70-67-64-61-59-57-55-53-51-49-47-45-42-33-31-29-27-25-23-21-19-17-14-11-8-5-2/h7,10,16,18,22,24,27-30,73H,4-6,8-9,11-15,17,19-21,23,25-26,31-72H2,1-3H3/b10-7-,18-16-,24-22-,29-27-,30-28-. The third-order valence-electron chi connectivity index (χ3n) is 16.3. The number of carbonyl (C=O) groups is 3. The van der Waals surface area contributed by atoms with Gasteiger partial charge in [-0.1, -0.05) is 345 Å². The Morgan fingerprint density at radius 1 is 0.256 bits per heavy atom. The van der Waals surface area contributed by atoms with Crippen LogP contribution in [0.25, 0.3) is 0 Å². The molecule has 6 heteroatoms. The van der Waals surface area contributed by atoms with Crippen LogP contribution in [0.5, 0.6) is 0 Å². The van der Waals surface area contributed by atoms with Crippen LogP contribution in [0.2, 0.25) is 0 Å². The smallest absolute Gasteiger partial charge is 0.306 e. The summed E-state index contributed by atoms with van der Waals surface area (Å²) >= 11 is 0. The number of unbranched alkanes of at least 4 members (excludes halogenated alkanes) is 46. The van der Waals surface area contributed by atoms with Crippen LogP contribution in [-0.4, -0.2) is 37.2 Å². The van der Waals surface area contributed by atoms with Crippen molar-refractivity contribution >= 4 is 17.9 Å². The summed E-state index contributed by atoms with van der Waals surface area (Å²) in [6, 6.07) is 0. The summed E-state index contributed by atoms with van der Waals surface area (Å²) in [5.41, 5.74) is 0. The maximum atomic E-state index is 12.9. The summed E-state index contributed by atoms with van der Waals surface area (Å²) in [6.07, 6.45) is 91.7. The summed E-state index contributed by atoms with van der Waals surface area (Å²) in [7, 11) is 0. The van der Waals surface area contributed by atoms with E-state index in [1.54, 1.807) is 0 Å². The van der Waals surface area contributed by atoms with Gasteiger partial charge in [-0.25, -0.2) is 0 Å². The average Bonchev–Trinajstić information content (AvgIpc) is 3.47. The van der Waals surface area contributed by atoms with Crippen LogP contribution >= 0.6 is 0 Å². The van der Waals surface area contributed by atoms with E-state index in [-0.39, 0.29) is 31.1 Å². The highest BCUT2D eigenvalue weighted by atomic mass is 16.6.